The fourth-order valence-corrected chi connectivity index (χ4v) is 1.12. The molecule has 0 amide bonds. The Morgan fingerprint density at radius 3 is 2.64 bits per heavy atom. The summed E-state index contributed by atoms with van der Waals surface area (Å²) in [5.41, 5.74) is -0.866. The van der Waals surface area contributed by atoms with Crippen molar-refractivity contribution in [2.45, 2.75) is 45.1 Å². The van der Waals surface area contributed by atoms with Crippen molar-refractivity contribution in [3.05, 3.63) is 12.7 Å². The predicted octanol–water partition coefficient (Wildman–Crippen LogP) is 2.05. The summed E-state index contributed by atoms with van der Waals surface area (Å²) in [6.45, 7) is 7.30. The Morgan fingerprint density at radius 2 is 2.21 bits per heavy atom. The molecule has 0 spiro atoms. The number of esters is 1. The summed E-state index contributed by atoms with van der Waals surface area (Å²) in [6, 6.07) is 0. The molecule has 1 N–H and O–H groups in total. The Morgan fingerprint density at radius 1 is 1.57 bits per heavy atom. The van der Waals surface area contributed by atoms with E-state index in [1.807, 2.05) is 6.92 Å². The van der Waals surface area contributed by atoms with Gasteiger partial charge in [0, 0.05) is 6.08 Å². The van der Waals surface area contributed by atoms with Crippen molar-refractivity contribution in [2.24, 2.45) is 0 Å². The molecule has 0 aliphatic carbocycles. The third kappa shape index (κ3) is 5.02. The van der Waals surface area contributed by atoms with E-state index in [0.717, 1.165) is 18.9 Å². The van der Waals surface area contributed by atoms with E-state index < -0.39 is 11.6 Å². The average molecular weight is 200 g/mol. The summed E-state index contributed by atoms with van der Waals surface area (Å²) in [6.07, 6.45) is 4.34. The summed E-state index contributed by atoms with van der Waals surface area (Å²) in [7, 11) is 0. The lowest BCUT2D eigenvalue weighted by Gasteiger charge is -2.25. The molecule has 0 radical (unpaired) electrons. The summed E-state index contributed by atoms with van der Waals surface area (Å²) < 4.78 is 4.84. The minimum Gasteiger partial charge on any atom is -0.459 e. The molecule has 0 heterocycles. The normalized spacial score (nSPS) is 14.5. The fourth-order valence-electron chi connectivity index (χ4n) is 1.12. The molecule has 0 aromatic rings. The van der Waals surface area contributed by atoms with Gasteiger partial charge in [-0.1, -0.05) is 33.3 Å². The van der Waals surface area contributed by atoms with E-state index in [0.29, 0.717) is 12.8 Å². The molecule has 3 heteroatoms. The minimum atomic E-state index is -0.866. The van der Waals surface area contributed by atoms with Crippen molar-refractivity contribution in [3.8, 4) is 0 Å². The van der Waals surface area contributed by atoms with Gasteiger partial charge in [0.05, 0.1) is 5.60 Å². The monoisotopic (exact) mass is 200 g/mol. The first-order valence-electron chi connectivity index (χ1n) is 5.09. The number of carbonyl (C=O) groups excluding carboxylic acids is 1. The second-order valence-electron chi connectivity index (χ2n) is 3.49. The van der Waals surface area contributed by atoms with Crippen LogP contribution in [0.4, 0.5) is 0 Å². The summed E-state index contributed by atoms with van der Waals surface area (Å²) in [5, 5.41) is 9.98. The molecule has 0 aliphatic heterocycles. The lowest BCUT2D eigenvalue weighted by atomic mass is 9.95. The number of unbranched alkanes of at least 4 members (excludes halogenated alkanes) is 1. The van der Waals surface area contributed by atoms with Crippen molar-refractivity contribution in [1.82, 2.24) is 0 Å². The van der Waals surface area contributed by atoms with E-state index in [-0.39, 0.29) is 6.61 Å². The van der Waals surface area contributed by atoms with Crippen LogP contribution < -0.4 is 0 Å². The van der Waals surface area contributed by atoms with E-state index in [2.05, 4.69) is 13.5 Å². The third-order valence-electron chi connectivity index (χ3n) is 2.30. The maximum Gasteiger partial charge on any atom is 0.330 e. The Hall–Kier alpha value is -0.830. The Bertz CT molecular complexity index is 189. The van der Waals surface area contributed by atoms with Crippen molar-refractivity contribution >= 4 is 5.97 Å². The Balaban J connectivity index is 3.97. The molecule has 0 bridgehead atoms. The highest BCUT2D eigenvalue weighted by Gasteiger charge is 2.25. The van der Waals surface area contributed by atoms with Crippen molar-refractivity contribution in [3.63, 3.8) is 0 Å². The van der Waals surface area contributed by atoms with Crippen LogP contribution in [0.25, 0.3) is 0 Å². The maximum atomic E-state index is 10.8. The molecule has 1 unspecified atom stereocenters. The van der Waals surface area contributed by atoms with Gasteiger partial charge in [-0.25, -0.2) is 4.79 Å². The van der Waals surface area contributed by atoms with Gasteiger partial charge in [-0.3, -0.25) is 0 Å². The number of hydrogen-bond acceptors (Lipinski definition) is 3. The first-order chi connectivity index (χ1) is 6.58. The molecule has 1 atom stereocenters. The molecule has 0 rings (SSSR count). The van der Waals surface area contributed by atoms with Crippen LogP contribution in [0.1, 0.15) is 39.5 Å². The smallest absolute Gasteiger partial charge is 0.330 e. The number of rotatable bonds is 7. The Kier molecular flexibility index (Phi) is 6.21. The van der Waals surface area contributed by atoms with Crippen LogP contribution in [0.2, 0.25) is 0 Å². The molecular formula is C11H20O3. The van der Waals surface area contributed by atoms with Crippen LogP contribution in [-0.2, 0) is 9.53 Å². The molecule has 0 aromatic heterocycles. The van der Waals surface area contributed by atoms with E-state index >= 15 is 0 Å². The molecule has 0 saturated heterocycles. The van der Waals surface area contributed by atoms with E-state index in [1.165, 1.54) is 0 Å². The van der Waals surface area contributed by atoms with Gasteiger partial charge in [-0.2, -0.15) is 0 Å². The Labute approximate surface area is 85.8 Å². The minimum absolute atomic E-state index is 0.0638. The van der Waals surface area contributed by atoms with Crippen LogP contribution in [0, 0.1) is 0 Å². The van der Waals surface area contributed by atoms with Crippen LogP contribution >= 0.6 is 0 Å². The second kappa shape index (κ2) is 6.60. The second-order valence-corrected chi connectivity index (χ2v) is 3.49. The van der Waals surface area contributed by atoms with Crippen molar-refractivity contribution in [2.75, 3.05) is 6.61 Å². The van der Waals surface area contributed by atoms with Crippen molar-refractivity contribution < 1.29 is 14.6 Å². The zero-order valence-corrected chi connectivity index (χ0v) is 9.08. The molecule has 3 nitrogen and oxygen atoms in total. The number of hydrogen-bond donors (Lipinski definition) is 1. The average Bonchev–Trinajstić information content (AvgIpc) is 2.23. The predicted molar refractivity (Wildman–Crippen MR) is 55.9 cm³/mol. The maximum absolute atomic E-state index is 10.8. The topological polar surface area (TPSA) is 46.5 Å². The first-order valence-corrected chi connectivity index (χ1v) is 5.09. The number of carbonyl (C=O) groups is 1. The highest BCUT2D eigenvalue weighted by atomic mass is 16.5. The van der Waals surface area contributed by atoms with E-state index in [1.54, 1.807) is 0 Å². The van der Waals surface area contributed by atoms with Gasteiger partial charge in [0.25, 0.3) is 0 Å². The lowest BCUT2D eigenvalue weighted by Crippen LogP contribution is -2.34. The van der Waals surface area contributed by atoms with Crippen LogP contribution in [0.3, 0.4) is 0 Å². The summed E-state index contributed by atoms with van der Waals surface area (Å²) in [4.78, 5) is 10.8. The van der Waals surface area contributed by atoms with E-state index in [4.69, 9.17) is 4.74 Å². The number of aliphatic hydroxyl groups is 1. The summed E-state index contributed by atoms with van der Waals surface area (Å²) >= 11 is 0. The molecule has 14 heavy (non-hydrogen) atoms. The molecule has 0 aromatic carbocycles. The fraction of sp³-hybridized carbons (Fsp3) is 0.727. The van der Waals surface area contributed by atoms with Crippen molar-refractivity contribution in [1.29, 1.82) is 0 Å². The largest absolute Gasteiger partial charge is 0.459 e. The van der Waals surface area contributed by atoms with E-state index in [9.17, 15) is 9.90 Å². The lowest BCUT2D eigenvalue weighted by molar-refractivity contribution is -0.146. The van der Waals surface area contributed by atoms with Gasteiger partial charge >= 0.3 is 5.97 Å². The molecule has 0 saturated carbocycles. The first kappa shape index (κ1) is 13.2. The highest BCUT2D eigenvalue weighted by molar-refractivity contribution is 5.81. The highest BCUT2D eigenvalue weighted by Crippen LogP contribution is 2.18. The molecule has 82 valence electrons. The van der Waals surface area contributed by atoms with Gasteiger partial charge in [-0.15, -0.1) is 0 Å². The van der Waals surface area contributed by atoms with Crippen LogP contribution in [-0.4, -0.2) is 23.3 Å². The standard InChI is InChI=1S/C11H20O3/c1-4-7-8-11(13,6-3)9-14-10(12)5-2/h5,13H,2,4,6-9H2,1,3H3. The molecular weight excluding hydrogens is 180 g/mol. The van der Waals surface area contributed by atoms with Crippen LogP contribution in [0.5, 0.6) is 0 Å². The number of ether oxygens (including phenoxy) is 1. The quantitative estimate of drug-likeness (QED) is 0.505. The summed E-state index contributed by atoms with van der Waals surface area (Å²) in [5.74, 6) is -0.478. The van der Waals surface area contributed by atoms with Gasteiger partial charge in [0.15, 0.2) is 0 Å². The zero-order chi connectivity index (χ0) is 11.0. The van der Waals surface area contributed by atoms with Crippen LogP contribution in [0.15, 0.2) is 12.7 Å². The third-order valence-corrected chi connectivity index (χ3v) is 2.30. The zero-order valence-electron chi connectivity index (χ0n) is 9.08. The SMILES string of the molecule is C=CC(=O)OCC(O)(CC)CCCC. The van der Waals surface area contributed by atoms with Gasteiger partial charge in [0.1, 0.15) is 6.61 Å². The van der Waals surface area contributed by atoms with Gasteiger partial charge in [0.2, 0.25) is 0 Å². The van der Waals surface area contributed by atoms with Gasteiger partial charge in [-0.05, 0) is 12.8 Å². The van der Waals surface area contributed by atoms with Gasteiger partial charge < -0.3 is 9.84 Å². The molecule has 0 aliphatic rings. The molecule has 0 fully saturated rings.